The van der Waals surface area contributed by atoms with Gasteiger partial charge in [-0.15, -0.1) is 0 Å². The highest BCUT2D eigenvalue weighted by Gasteiger charge is 2.48. The van der Waals surface area contributed by atoms with Gasteiger partial charge in [-0.1, -0.05) is 27.1 Å². The van der Waals surface area contributed by atoms with Crippen LogP contribution in [0.4, 0.5) is 0 Å². The molecule has 2 heterocycles. The minimum Gasteiger partial charge on any atom is -0.426 e. The highest BCUT2D eigenvalue weighted by Crippen LogP contribution is 2.41. The molecule has 6 nitrogen and oxygen atoms in total. The van der Waals surface area contributed by atoms with Crippen LogP contribution in [0.1, 0.15) is 18.4 Å². The van der Waals surface area contributed by atoms with E-state index < -0.39 is 32.9 Å². The first-order chi connectivity index (χ1) is 16.0. The summed E-state index contributed by atoms with van der Waals surface area (Å²) in [7, 11) is 60.2. The second-order valence-corrected chi connectivity index (χ2v) is 9.02. The number of carbonyl (C=O) groups is 2. The Labute approximate surface area is 219 Å². The van der Waals surface area contributed by atoms with Crippen LogP contribution in [0.2, 0.25) is 0 Å². The molecular weight excluding hydrogens is 426 g/mol. The summed E-state index contributed by atoms with van der Waals surface area (Å²) in [6.07, 6.45) is 3.11. The molecule has 0 bridgehead atoms. The summed E-state index contributed by atoms with van der Waals surface area (Å²) in [5.74, 6) is -0.733. The number of ether oxygens (including phenoxy) is 1. The number of fused-ring (bicyclic) bond motifs is 1. The van der Waals surface area contributed by atoms with Crippen molar-refractivity contribution < 1.29 is 14.3 Å². The van der Waals surface area contributed by atoms with Gasteiger partial charge in [0.25, 0.3) is 0 Å². The number of aromatic nitrogens is 1. The average molecular weight is 441 g/mol. The van der Waals surface area contributed by atoms with Crippen molar-refractivity contribution in [1.29, 1.82) is 0 Å². The Bertz CT molecular complexity index is 1070. The standard InChI is InChI=1S/C19H15B10N3O3/c20-16(21,17(22,23)32(18(24,25)26)19(27,28)29)11-8-30-12-2-1-3-13(14(11)12)35-15(34)10-4-6-31(9-33)7-5-10/h1-3,8-10,30H,4-7H2. The van der Waals surface area contributed by atoms with E-state index in [0.717, 1.165) is 6.41 Å². The Kier molecular flexibility index (Phi) is 7.68. The summed E-state index contributed by atoms with van der Waals surface area (Å²) < 4.78 is 5.72. The number of hydrogen-bond donors (Lipinski definition) is 1. The molecule has 1 aliphatic rings. The normalized spacial score (nSPS) is 16.4. The fourth-order valence-electron chi connectivity index (χ4n) is 4.37. The van der Waals surface area contributed by atoms with Crippen molar-refractivity contribution in [3.05, 3.63) is 30.0 Å². The summed E-state index contributed by atoms with van der Waals surface area (Å²) in [6, 6.07) is 4.91. The van der Waals surface area contributed by atoms with E-state index in [1.807, 2.05) is 0 Å². The number of likely N-dealkylation sites (tertiary alicyclic amines) is 1. The molecular formula is C19H15B10N3O3. The molecule has 1 fully saturated rings. The van der Waals surface area contributed by atoms with Gasteiger partial charge in [-0.05, 0) is 30.5 Å². The van der Waals surface area contributed by atoms with Gasteiger partial charge in [0.2, 0.25) is 6.41 Å². The lowest BCUT2D eigenvalue weighted by Gasteiger charge is -2.64. The number of H-pyrrole nitrogens is 1. The van der Waals surface area contributed by atoms with Crippen LogP contribution in [0.5, 0.6) is 5.75 Å². The van der Waals surface area contributed by atoms with Crippen LogP contribution in [-0.2, 0) is 14.8 Å². The first kappa shape index (κ1) is 27.9. The highest BCUT2D eigenvalue weighted by atomic mass is 16.5. The monoisotopic (exact) mass is 443 g/mol. The van der Waals surface area contributed by atoms with E-state index in [-0.39, 0.29) is 11.3 Å². The molecule has 1 saturated heterocycles. The summed E-state index contributed by atoms with van der Waals surface area (Å²) in [4.78, 5) is 29.0. The lowest BCUT2D eigenvalue weighted by molar-refractivity contribution is -0.141. The molecule has 3 rings (SSSR count). The number of nitrogens with zero attached hydrogens (tertiary/aromatic N) is 2. The number of carbonyl (C=O) groups excluding carboxylic acids is 2. The van der Waals surface area contributed by atoms with Gasteiger partial charge in [-0.25, -0.2) is 0 Å². The van der Waals surface area contributed by atoms with E-state index in [0.29, 0.717) is 41.7 Å². The number of amides is 1. The highest BCUT2D eigenvalue weighted by molar-refractivity contribution is 6.65. The summed E-state index contributed by atoms with van der Waals surface area (Å²) in [6.45, 7) is 0.905. The first-order valence-electron chi connectivity index (χ1n) is 10.7. The van der Waals surface area contributed by atoms with E-state index in [2.05, 4.69) is 4.98 Å². The van der Waals surface area contributed by atoms with Crippen molar-refractivity contribution in [3.63, 3.8) is 0 Å². The largest absolute Gasteiger partial charge is 0.426 e. The van der Waals surface area contributed by atoms with Crippen LogP contribution in [0.15, 0.2) is 24.4 Å². The van der Waals surface area contributed by atoms with E-state index >= 15 is 0 Å². The second kappa shape index (κ2) is 9.64. The third-order valence-electron chi connectivity index (χ3n) is 6.14. The van der Waals surface area contributed by atoms with E-state index in [9.17, 15) is 9.59 Å². The Morgan fingerprint density at radius 2 is 1.57 bits per heavy atom. The second-order valence-electron chi connectivity index (χ2n) is 9.02. The zero-order valence-corrected chi connectivity index (χ0v) is 19.2. The Morgan fingerprint density at radius 3 is 2.09 bits per heavy atom. The van der Waals surface area contributed by atoms with E-state index in [1.54, 1.807) is 23.1 Å². The maximum atomic E-state index is 12.9. The van der Waals surface area contributed by atoms with E-state index in [1.165, 1.54) is 6.20 Å². The predicted octanol–water partition coefficient (Wildman–Crippen LogP) is -3.04. The lowest BCUT2D eigenvalue weighted by Crippen LogP contribution is -2.78. The summed E-state index contributed by atoms with van der Waals surface area (Å²) in [5, 5.41) is -9.02. The molecule has 0 saturated carbocycles. The topological polar surface area (TPSA) is 65.6 Å². The van der Waals surface area contributed by atoms with Crippen LogP contribution in [0, 0.1) is 5.92 Å². The minimum absolute atomic E-state index is 0.107. The smallest absolute Gasteiger partial charge is 0.314 e. The van der Waals surface area contributed by atoms with Gasteiger partial charge >= 0.3 is 5.97 Å². The molecule has 0 spiro atoms. The van der Waals surface area contributed by atoms with Crippen molar-refractivity contribution in [3.8, 4) is 5.75 Å². The SMILES string of the molecule is [B]C([B])([B])N(C([B])([B])[B])C([B])([B])C([B])([B])c1c[nH]c2cccc(OC(=O)C3CCN(C=O)CC3)c12. The molecule has 20 radical (unpaired) electrons. The third kappa shape index (κ3) is 5.38. The van der Waals surface area contributed by atoms with Gasteiger partial charge < -0.3 is 19.5 Å². The van der Waals surface area contributed by atoms with Crippen molar-refractivity contribution >= 4 is 102 Å². The number of aromatic amines is 1. The quantitative estimate of drug-likeness (QED) is 0.205. The average Bonchev–Trinajstić information content (AvgIpc) is 3.17. The van der Waals surface area contributed by atoms with Gasteiger partial charge in [0.15, 0.2) is 0 Å². The van der Waals surface area contributed by atoms with Crippen LogP contribution in [0.25, 0.3) is 10.9 Å². The Hall–Kier alpha value is -1.69. The molecule has 154 valence electrons. The maximum absolute atomic E-state index is 12.9. The zero-order valence-electron chi connectivity index (χ0n) is 19.2. The van der Waals surface area contributed by atoms with Crippen molar-refractivity contribution in [2.45, 2.75) is 33.9 Å². The van der Waals surface area contributed by atoms with Gasteiger partial charge in [-0.3, -0.25) is 9.59 Å². The fraction of sp³-hybridized carbons (Fsp3) is 0.474. The summed E-state index contributed by atoms with van der Waals surface area (Å²) >= 11 is 0. The molecule has 0 aliphatic carbocycles. The molecule has 0 atom stereocenters. The lowest BCUT2D eigenvalue weighted by atomic mass is 9.27. The van der Waals surface area contributed by atoms with E-state index in [4.69, 9.17) is 83.2 Å². The van der Waals surface area contributed by atoms with Crippen LogP contribution in [-0.4, -0.2) is 135 Å². The minimum atomic E-state index is -2.43. The summed E-state index contributed by atoms with van der Waals surface area (Å²) in [5.41, 5.74) is 0.609. The number of rotatable bonds is 8. The number of hydrogen-bond acceptors (Lipinski definition) is 4. The molecule has 1 aliphatic heterocycles. The van der Waals surface area contributed by atoms with Crippen molar-refractivity contribution in [2.75, 3.05) is 13.1 Å². The molecule has 1 aromatic heterocycles. The van der Waals surface area contributed by atoms with Crippen molar-refractivity contribution in [1.82, 2.24) is 14.8 Å². The molecule has 1 N–H and O–H groups in total. The molecule has 1 aromatic carbocycles. The zero-order chi connectivity index (χ0) is 26.4. The maximum Gasteiger partial charge on any atom is 0.314 e. The van der Waals surface area contributed by atoms with Crippen LogP contribution < -0.4 is 4.74 Å². The molecule has 35 heavy (non-hydrogen) atoms. The molecule has 16 heteroatoms. The third-order valence-corrected chi connectivity index (χ3v) is 6.14. The van der Waals surface area contributed by atoms with Crippen LogP contribution in [0.3, 0.4) is 0 Å². The Morgan fingerprint density at radius 1 is 1.00 bits per heavy atom. The Balaban J connectivity index is 2.02. The number of benzene rings is 1. The van der Waals surface area contributed by atoms with Gasteiger partial charge in [0.1, 0.15) is 5.75 Å². The van der Waals surface area contributed by atoms with Crippen molar-refractivity contribution in [2.24, 2.45) is 5.92 Å². The van der Waals surface area contributed by atoms with Gasteiger partial charge in [-0.2, -0.15) is 0 Å². The number of esters is 1. The van der Waals surface area contributed by atoms with Crippen LogP contribution >= 0.6 is 0 Å². The molecule has 1 amide bonds. The first-order valence-corrected chi connectivity index (χ1v) is 10.7. The van der Waals surface area contributed by atoms with Gasteiger partial charge in [0, 0.05) is 30.2 Å². The molecule has 0 unspecified atom stereocenters. The fourth-order valence-corrected chi connectivity index (χ4v) is 4.37. The predicted molar refractivity (Wildman–Crippen MR) is 144 cm³/mol. The van der Waals surface area contributed by atoms with Gasteiger partial charge in [0.05, 0.1) is 84.4 Å². The number of piperidine rings is 1. The molecule has 2 aromatic rings. The number of nitrogens with one attached hydrogen (secondary N) is 1.